The zero-order valence-electron chi connectivity index (χ0n) is 10.9. The van der Waals surface area contributed by atoms with Gasteiger partial charge < -0.3 is 9.84 Å². The third-order valence-corrected chi connectivity index (χ3v) is 2.68. The fourth-order valence-electron chi connectivity index (χ4n) is 1.67. The van der Waals surface area contributed by atoms with Crippen LogP contribution in [-0.4, -0.2) is 27.1 Å². The largest absolute Gasteiger partial charge is 0.477 e. The lowest BCUT2D eigenvalue weighted by atomic mass is 10.1. The molecule has 0 saturated heterocycles. The van der Waals surface area contributed by atoms with Crippen LogP contribution >= 0.6 is 0 Å². The summed E-state index contributed by atoms with van der Waals surface area (Å²) in [4.78, 5) is 18.5. The number of carbonyl (C=O) groups is 1. The molecule has 0 spiro atoms. The van der Waals surface area contributed by atoms with Crippen molar-refractivity contribution in [2.45, 2.75) is 52.1 Å². The first-order chi connectivity index (χ1) is 8.65. The van der Waals surface area contributed by atoms with Crippen molar-refractivity contribution in [2.24, 2.45) is 0 Å². The summed E-state index contributed by atoms with van der Waals surface area (Å²) >= 11 is 0. The number of carboxylic acid groups (broad SMARTS) is 1. The number of hydrogen-bond donors (Lipinski definition) is 1. The molecular weight excluding hydrogens is 232 g/mol. The minimum atomic E-state index is -1.07. The zero-order chi connectivity index (χ0) is 13.4. The van der Waals surface area contributed by atoms with Crippen molar-refractivity contribution < 1.29 is 14.6 Å². The van der Waals surface area contributed by atoms with Gasteiger partial charge in [0.2, 0.25) is 5.88 Å². The van der Waals surface area contributed by atoms with Gasteiger partial charge in [-0.3, -0.25) is 0 Å². The number of aromatic carboxylic acids is 1. The monoisotopic (exact) mass is 252 g/mol. The second-order valence-corrected chi connectivity index (χ2v) is 4.32. The van der Waals surface area contributed by atoms with E-state index >= 15 is 0 Å². The third-order valence-electron chi connectivity index (χ3n) is 2.68. The Morgan fingerprint density at radius 1 is 1.44 bits per heavy atom. The van der Waals surface area contributed by atoms with Gasteiger partial charge in [-0.1, -0.05) is 26.2 Å². The smallest absolute Gasteiger partial charge is 0.342 e. The maximum absolute atomic E-state index is 10.9. The summed E-state index contributed by atoms with van der Waals surface area (Å²) in [5, 5.41) is 8.96. The topological polar surface area (TPSA) is 72.3 Å². The van der Waals surface area contributed by atoms with E-state index < -0.39 is 5.97 Å². The Labute approximate surface area is 107 Å². The number of ether oxygens (including phenoxy) is 1. The first-order valence-corrected chi connectivity index (χ1v) is 6.35. The summed E-state index contributed by atoms with van der Waals surface area (Å²) in [6.45, 7) is 4.10. The number of nitrogens with zero attached hydrogens (tertiary/aromatic N) is 2. The number of rotatable bonds is 8. The first-order valence-electron chi connectivity index (χ1n) is 6.35. The van der Waals surface area contributed by atoms with Crippen molar-refractivity contribution in [1.82, 2.24) is 9.97 Å². The molecule has 5 heteroatoms. The van der Waals surface area contributed by atoms with Gasteiger partial charge in [0.15, 0.2) is 0 Å². The number of aromatic nitrogens is 2. The SMILES string of the molecule is CCCCCCC(C)Oc1ncncc1C(=O)O. The number of hydrogen-bond acceptors (Lipinski definition) is 4. The summed E-state index contributed by atoms with van der Waals surface area (Å²) in [7, 11) is 0. The van der Waals surface area contributed by atoms with Gasteiger partial charge in [0.05, 0.1) is 6.10 Å². The Morgan fingerprint density at radius 2 is 2.22 bits per heavy atom. The Balaban J connectivity index is 2.48. The second kappa shape index (κ2) is 7.63. The molecule has 1 unspecified atom stereocenters. The van der Waals surface area contributed by atoms with E-state index in [0.717, 1.165) is 12.8 Å². The second-order valence-electron chi connectivity index (χ2n) is 4.32. The summed E-state index contributed by atoms with van der Waals surface area (Å²) in [5.41, 5.74) is 0.0120. The van der Waals surface area contributed by atoms with Crippen molar-refractivity contribution in [3.8, 4) is 5.88 Å². The summed E-state index contributed by atoms with van der Waals surface area (Å²) in [6.07, 6.45) is 8.12. The molecule has 0 fully saturated rings. The van der Waals surface area contributed by atoms with Gasteiger partial charge in [0, 0.05) is 6.20 Å². The van der Waals surface area contributed by atoms with E-state index in [1.54, 1.807) is 0 Å². The molecule has 0 bridgehead atoms. The van der Waals surface area contributed by atoms with Crippen molar-refractivity contribution >= 4 is 5.97 Å². The molecule has 0 aliphatic carbocycles. The van der Waals surface area contributed by atoms with E-state index in [9.17, 15) is 4.79 Å². The van der Waals surface area contributed by atoms with Gasteiger partial charge >= 0.3 is 5.97 Å². The maximum Gasteiger partial charge on any atom is 0.342 e. The summed E-state index contributed by atoms with van der Waals surface area (Å²) in [5.74, 6) is -0.913. The fourth-order valence-corrected chi connectivity index (χ4v) is 1.67. The van der Waals surface area contributed by atoms with Crippen LogP contribution in [0.3, 0.4) is 0 Å². The lowest BCUT2D eigenvalue weighted by Gasteiger charge is -2.14. The van der Waals surface area contributed by atoms with E-state index in [2.05, 4.69) is 16.9 Å². The molecule has 0 aliphatic heterocycles. The average Bonchev–Trinajstić information content (AvgIpc) is 2.35. The minimum absolute atomic E-state index is 0.0120. The third kappa shape index (κ3) is 4.69. The molecule has 0 aromatic carbocycles. The molecule has 0 amide bonds. The molecule has 1 atom stereocenters. The van der Waals surface area contributed by atoms with Crippen LogP contribution in [0.1, 0.15) is 56.3 Å². The molecule has 0 saturated carbocycles. The van der Waals surface area contributed by atoms with Crippen LogP contribution < -0.4 is 4.74 Å². The fraction of sp³-hybridized carbons (Fsp3) is 0.615. The Bertz CT molecular complexity index is 382. The zero-order valence-corrected chi connectivity index (χ0v) is 10.9. The van der Waals surface area contributed by atoms with Crippen molar-refractivity contribution in [2.75, 3.05) is 0 Å². The number of carboxylic acids is 1. The molecule has 1 heterocycles. The van der Waals surface area contributed by atoms with E-state index in [-0.39, 0.29) is 17.5 Å². The molecule has 18 heavy (non-hydrogen) atoms. The molecule has 0 aliphatic rings. The van der Waals surface area contributed by atoms with Crippen LogP contribution in [0, 0.1) is 0 Å². The molecule has 1 rings (SSSR count). The Hall–Kier alpha value is -1.65. The van der Waals surface area contributed by atoms with E-state index in [1.807, 2.05) is 6.92 Å². The van der Waals surface area contributed by atoms with Gasteiger partial charge in [-0.25, -0.2) is 14.8 Å². The van der Waals surface area contributed by atoms with Gasteiger partial charge in [-0.15, -0.1) is 0 Å². The van der Waals surface area contributed by atoms with Gasteiger partial charge in [-0.05, 0) is 19.8 Å². The molecule has 1 N–H and O–H groups in total. The summed E-state index contributed by atoms with van der Waals surface area (Å²) in [6, 6.07) is 0. The Morgan fingerprint density at radius 3 is 2.89 bits per heavy atom. The van der Waals surface area contributed by atoms with E-state index in [1.165, 1.54) is 31.8 Å². The lowest BCUT2D eigenvalue weighted by Crippen LogP contribution is -2.15. The summed E-state index contributed by atoms with van der Waals surface area (Å²) < 4.78 is 5.56. The highest BCUT2D eigenvalue weighted by Crippen LogP contribution is 2.17. The maximum atomic E-state index is 10.9. The van der Waals surface area contributed by atoms with Gasteiger partial charge in [0.1, 0.15) is 11.9 Å². The van der Waals surface area contributed by atoms with E-state index in [0.29, 0.717) is 0 Å². The van der Waals surface area contributed by atoms with Crippen LogP contribution in [0.15, 0.2) is 12.5 Å². The standard InChI is InChI=1S/C13H20N2O3/c1-3-4-5-6-7-10(2)18-12-11(13(16)17)8-14-9-15-12/h8-10H,3-7H2,1-2H3,(H,16,17). The molecule has 1 aromatic heterocycles. The van der Waals surface area contributed by atoms with Crippen LogP contribution in [-0.2, 0) is 0 Å². The van der Waals surface area contributed by atoms with Crippen LogP contribution in [0.4, 0.5) is 0 Å². The molecule has 0 radical (unpaired) electrons. The molecular formula is C13H20N2O3. The molecule has 1 aromatic rings. The minimum Gasteiger partial charge on any atom is -0.477 e. The highest BCUT2D eigenvalue weighted by Gasteiger charge is 2.15. The predicted octanol–water partition coefficient (Wildman–Crippen LogP) is 2.91. The van der Waals surface area contributed by atoms with Crippen molar-refractivity contribution in [3.63, 3.8) is 0 Å². The molecule has 5 nitrogen and oxygen atoms in total. The molecule has 100 valence electrons. The van der Waals surface area contributed by atoms with Crippen molar-refractivity contribution in [1.29, 1.82) is 0 Å². The van der Waals surface area contributed by atoms with Crippen molar-refractivity contribution in [3.05, 3.63) is 18.1 Å². The normalized spacial score (nSPS) is 12.1. The van der Waals surface area contributed by atoms with Gasteiger partial charge in [0.25, 0.3) is 0 Å². The highest BCUT2D eigenvalue weighted by atomic mass is 16.5. The first kappa shape index (κ1) is 14.4. The average molecular weight is 252 g/mol. The van der Waals surface area contributed by atoms with Gasteiger partial charge in [-0.2, -0.15) is 0 Å². The van der Waals surface area contributed by atoms with Crippen LogP contribution in [0.5, 0.6) is 5.88 Å². The predicted molar refractivity (Wildman–Crippen MR) is 67.8 cm³/mol. The van der Waals surface area contributed by atoms with E-state index in [4.69, 9.17) is 9.84 Å². The van der Waals surface area contributed by atoms with Crippen LogP contribution in [0.2, 0.25) is 0 Å². The Kier molecular flexibility index (Phi) is 6.11. The quantitative estimate of drug-likeness (QED) is 0.720. The number of unbranched alkanes of at least 4 members (excludes halogenated alkanes) is 3. The highest BCUT2D eigenvalue weighted by molar-refractivity contribution is 5.89. The lowest BCUT2D eigenvalue weighted by molar-refractivity contribution is 0.0687. The van der Waals surface area contributed by atoms with Crippen LogP contribution in [0.25, 0.3) is 0 Å².